The molecule has 4 N–H and O–H groups in total. The van der Waals surface area contributed by atoms with Gasteiger partial charge in [0.2, 0.25) is 17.8 Å². The maximum Gasteiger partial charge on any atom is 0.265 e. The summed E-state index contributed by atoms with van der Waals surface area (Å²) in [4.78, 5) is 13.7. The summed E-state index contributed by atoms with van der Waals surface area (Å²) in [6, 6.07) is 0. The molecular weight excluding hydrogens is 258 g/mol. The lowest BCUT2D eigenvalue weighted by atomic mass is 10.4. The van der Waals surface area contributed by atoms with Gasteiger partial charge in [0.1, 0.15) is 6.10 Å². The maximum atomic E-state index is 12.2. The zero-order valence-corrected chi connectivity index (χ0v) is 10.8. The summed E-state index contributed by atoms with van der Waals surface area (Å²) in [6.07, 6.45) is -4.61. The average Bonchev–Trinajstić information content (AvgIpc) is 2.36. The van der Waals surface area contributed by atoms with E-state index in [1.807, 2.05) is 18.7 Å². The van der Waals surface area contributed by atoms with Crippen LogP contribution in [0.2, 0.25) is 0 Å². The molecule has 1 rings (SSSR count). The quantitative estimate of drug-likeness (QED) is 0.660. The van der Waals surface area contributed by atoms with Crippen LogP contribution in [0.3, 0.4) is 0 Å². The summed E-state index contributed by atoms with van der Waals surface area (Å²) >= 11 is 0. The molecule has 0 radical (unpaired) electrons. The number of aromatic nitrogens is 3. The topological polar surface area (TPSA) is 100 Å². The van der Waals surface area contributed by atoms with Crippen LogP contribution in [0.1, 0.15) is 13.8 Å². The highest BCUT2D eigenvalue weighted by Gasteiger charge is 2.17. The molecule has 0 spiro atoms. The Balaban J connectivity index is 2.79. The van der Waals surface area contributed by atoms with Crippen molar-refractivity contribution in [2.24, 2.45) is 0 Å². The molecule has 0 aromatic carbocycles. The molecule has 19 heavy (non-hydrogen) atoms. The van der Waals surface area contributed by atoms with E-state index in [0.717, 1.165) is 0 Å². The van der Waals surface area contributed by atoms with Crippen LogP contribution >= 0.6 is 0 Å². The van der Waals surface area contributed by atoms with Crippen LogP contribution in [0.4, 0.5) is 26.6 Å². The van der Waals surface area contributed by atoms with Crippen LogP contribution in [-0.4, -0.2) is 52.2 Å². The lowest BCUT2D eigenvalue weighted by molar-refractivity contribution is 0.00376. The third-order valence-electron chi connectivity index (χ3n) is 2.45. The van der Waals surface area contributed by atoms with Gasteiger partial charge < -0.3 is 21.1 Å². The number of aliphatic hydroxyl groups is 1. The van der Waals surface area contributed by atoms with E-state index < -0.39 is 12.5 Å². The molecule has 1 aromatic heterocycles. The number of halogens is 2. The Morgan fingerprint density at radius 1 is 1.26 bits per heavy atom. The molecule has 0 aliphatic heterocycles. The monoisotopic (exact) mass is 276 g/mol. The Labute approximate surface area is 109 Å². The van der Waals surface area contributed by atoms with Crippen molar-refractivity contribution in [1.29, 1.82) is 0 Å². The van der Waals surface area contributed by atoms with E-state index in [-0.39, 0.29) is 18.4 Å². The SMILES string of the molecule is CCN(CC)c1nc(N)nc(NCC(O)C(F)F)n1. The Morgan fingerprint density at radius 3 is 2.42 bits per heavy atom. The van der Waals surface area contributed by atoms with E-state index in [0.29, 0.717) is 19.0 Å². The number of hydrogen-bond acceptors (Lipinski definition) is 7. The number of alkyl halides is 2. The van der Waals surface area contributed by atoms with Gasteiger partial charge >= 0.3 is 0 Å². The standard InChI is InChI=1S/C10H18F2N6O/c1-3-18(4-2)10-16-8(13)15-9(17-10)14-5-6(19)7(11)12/h6-7,19H,3-5H2,1-2H3,(H3,13,14,15,16,17). The van der Waals surface area contributed by atoms with Gasteiger partial charge in [0.05, 0.1) is 0 Å². The number of nitrogens with one attached hydrogen (secondary N) is 1. The molecule has 0 aliphatic carbocycles. The molecule has 0 bridgehead atoms. The molecule has 0 amide bonds. The number of hydrogen-bond donors (Lipinski definition) is 3. The van der Waals surface area contributed by atoms with Gasteiger partial charge in [-0.05, 0) is 13.8 Å². The van der Waals surface area contributed by atoms with Gasteiger partial charge in [0.25, 0.3) is 6.43 Å². The van der Waals surface area contributed by atoms with Crippen LogP contribution in [0.25, 0.3) is 0 Å². The summed E-state index contributed by atoms with van der Waals surface area (Å²) < 4.78 is 24.3. The molecule has 1 unspecified atom stereocenters. The molecule has 108 valence electrons. The fraction of sp³-hybridized carbons (Fsp3) is 0.700. The van der Waals surface area contributed by atoms with E-state index >= 15 is 0 Å². The van der Waals surface area contributed by atoms with Crippen LogP contribution in [0.15, 0.2) is 0 Å². The van der Waals surface area contributed by atoms with Crippen LogP contribution in [-0.2, 0) is 0 Å². The summed E-state index contributed by atoms with van der Waals surface area (Å²) in [7, 11) is 0. The first-order chi connectivity index (χ1) is 8.97. The van der Waals surface area contributed by atoms with Crippen molar-refractivity contribution < 1.29 is 13.9 Å². The smallest absolute Gasteiger partial charge is 0.265 e. The molecule has 9 heteroatoms. The molecule has 0 fully saturated rings. The molecule has 0 saturated heterocycles. The number of anilines is 3. The van der Waals surface area contributed by atoms with Gasteiger partial charge in [-0.25, -0.2) is 8.78 Å². The second-order valence-electron chi connectivity index (χ2n) is 3.77. The minimum atomic E-state index is -2.83. The van der Waals surface area contributed by atoms with E-state index in [1.165, 1.54) is 0 Å². The van der Waals surface area contributed by atoms with Crippen LogP contribution in [0, 0.1) is 0 Å². The highest BCUT2D eigenvalue weighted by molar-refractivity contribution is 5.41. The fourth-order valence-corrected chi connectivity index (χ4v) is 1.39. The third kappa shape index (κ3) is 4.43. The maximum absolute atomic E-state index is 12.2. The van der Waals surface area contributed by atoms with Gasteiger partial charge in [-0.15, -0.1) is 0 Å². The predicted octanol–water partition coefficient (Wildman–Crippen LogP) is 0.338. The molecule has 7 nitrogen and oxygen atoms in total. The molecule has 0 saturated carbocycles. The zero-order valence-electron chi connectivity index (χ0n) is 10.8. The second kappa shape index (κ2) is 6.98. The normalized spacial score (nSPS) is 12.5. The lowest BCUT2D eigenvalue weighted by Crippen LogP contribution is -2.29. The Kier molecular flexibility index (Phi) is 5.61. The minimum absolute atomic E-state index is 0.00839. The Hall–Kier alpha value is -1.77. The number of aliphatic hydroxyl groups excluding tert-OH is 1. The summed E-state index contributed by atoms with van der Waals surface area (Å²) in [5.41, 5.74) is 5.53. The molecule has 1 atom stereocenters. The summed E-state index contributed by atoms with van der Waals surface area (Å²) in [5.74, 6) is 0.423. The number of rotatable bonds is 7. The molecule has 1 heterocycles. The van der Waals surface area contributed by atoms with Gasteiger partial charge in [-0.1, -0.05) is 0 Å². The first-order valence-corrected chi connectivity index (χ1v) is 5.94. The number of nitrogen functional groups attached to an aromatic ring is 1. The van der Waals surface area contributed by atoms with Crippen molar-refractivity contribution in [2.45, 2.75) is 26.4 Å². The molecular formula is C10H18F2N6O. The molecule has 0 aliphatic rings. The average molecular weight is 276 g/mol. The third-order valence-corrected chi connectivity index (χ3v) is 2.45. The van der Waals surface area contributed by atoms with Crippen molar-refractivity contribution in [2.75, 3.05) is 35.6 Å². The van der Waals surface area contributed by atoms with E-state index in [9.17, 15) is 8.78 Å². The van der Waals surface area contributed by atoms with Crippen molar-refractivity contribution in [3.63, 3.8) is 0 Å². The second-order valence-corrected chi connectivity index (χ2v) is 3.77. The highest BCUT2D eigenvalue weighted by Crippen LogP contribution is 2.12. The van der Waals surface area contributed by atoms with Crippen molar-refractivity contribution in [3.05, 3.63) is 0 Å². The van der Waals surface area contributed by atoms with E-state index in [4.69, 9.17) is 10.8 Å². The first-order valence-electron chi connectivity index (χ1n) is 5.94. The van der Waals surface area contributed by atoms with Crippen LogP contribution < -0.4 is 16.0 Å². The van der Waals surface area contributed by atoms with Crippen molar-refractivity contribution in [1.82, 2.24) is 15.0 Å². The first kappa shape index (κ1) is 15.3. The van der Waals surface area contributed by atoms with Crippen molar-refractivity contribution >= 4 is 17.8 Å². The minimum Gasteiger partial charge on any atom is -0.385 e. The number of nitrogens with two attached hydrogens (primary N) is 1. The fourth-order valence-electron chi connectivity index (χ4n) is 1.39. The summed E-state index contributed by atoms with van der Waals surface area (Å²) in [5, 5.41) is 11.5. The largest absolute Gasteiger partial charge is 0.385 e. The lowest BCUT2D eigenvalue weighted by Gasteiger charge is -2.19. The van der Waals surface area contributed by atoms with Crippen molar-refractivity contribution in [3.8, 4) is 0 Å². The predicted molar refractivity (Wildman–Crippen MR) is 68.3 cm³/mol. The van der Waals surface area contributed by atoms with Gasteiger partial charge in [-0.2, -0.15) is 15.0 Å². The van der Waals surface area contributed by atoms with Crippen LogP contribution in [0.5, 0.6) is 0 Å². The van der Waals surface area contributed by atoms with Gasteiger partial charge in [0, 0.05) is 19.6 Å². The molecule has 1 aromatic rings. The van der Waals surface area contributed by atoms with Gasteiger partial charge in [0.15, 0.2) is 0 Å². The van der Waals surface area contributed by atoms with E-state index in [1.54, 1.807) is 0 Å². The van der Waals surface area contributed by atoms with Gasteiger partial charge in [-0.3, -0.25) is 0 Å². The van der Waals surface area contributed by atoms with E-state index in [2.05, 4.69) is 20.3 Å². The summed E-state index contributed by atoms with van der Waals surface area (Å²) in [6.45, 7) is 4.85. The Morgan fingerprint density at radius 2 is 1.89 bits per heavy atom. The Bertz CT molecular complexity index is 402. The highest BCUT2D eigenvalue weighted by atomic mass is 19.3. The zero-order chi connectivity index (χ0) is 14.4. The number of nitrogens with zero attached hydrogens (tertiary/aromatic N) is 4.